The van der Waals surface area contributed by atoms with Crippen molar-refractivity contribution in [1.29, 1.82) is 0 Å². The Morgan fingerprint density at radius 2 is 2.00 bits per heavy atom. The van der Waals surface area contributed by atoms with Crippen LogP contribution in [0.5, 0.6) is 0 Å². The van der Waals surface area contributed by atoms with E-state index < -0.39 is 23.2 Å². The first-order valence-corrected chi connectivity index (χ1v) is 5.30. The highest BCUT2D eigenvalue weighted by Crippen LogP contribution is 2.12. The van der Waals surface area contributed by atoms with Crippen LogP contribution in [-0.2, 0) is 14.4 Å². The maximum absolute atomic E-state index is 10.6. The van der Waals surface area contributed by atoms with Crippen molar-refractivity contribution in [1.82, 2.24) is 5.32 Å². The molecule has 0 aromatic carbocycles. The minimum absolute atomic E-state index is 0.205. The molecule has 6 nitrogen and oxygen atoms in total. The second-order valence-corrected chi connectivity index (χ2v) is 4.26. The van der Waals surface area contributed by atoms with E-state index >= 15 is 0 Å². The summed E-state index contributed by atoms with van der Waals surface area (Å²) in [4.78, 5) is 31.0. The summed E-state index contributed by atoms with van der Waals surface area (Å²) in [6.45, 7) is 1.52. The Labute approximate surface area is 91.0 Å². The lowest BCUT2D eigenvalue weighted by atomic mass is 10.2. The standard InChI is InChI=1S/C8H13NO5S/c1-5(7(11)12)15-3-2-6(8(13)14)9-4-10/h4-6H,2-3H2,1H3,(H,9,10)(H,11,12)(H,13,14). The maximum Gasteiger partial charge on any atom is 0.326 e. The Bertz CT molecular complexity index is 245. The smallest absolute Gasteiger partial charge is 0.326 e. The zero-order valence-corrected chi connectivity index (χ0v) is 8.99. The van der Waals surface area contributed by atoms with Crippen LogP contribution in [0.1, 0.15) is 13.3 Å². The van der Waals surface area contributed by atoms with E-state index in [1.807, 2.05) is 0 Å². The number of carboxylic acids is 2. The van der Waals surface area contributed by atoms with Crippen molar-refractivity contribution in [3.63, 3.8) is 0 Å². The summed E-state index contributed by atoms with van der Waals surface area (Å²) in [5, 5.41) is 18.8. The molecular weight excluding hydrogens is 222 g/mol. The van der Waals surface area contributed by atoms with Gasteiger partial charge >= 0.3 is 11.9 Å². The number of aliphatic carboxylic acids is 2. The van der Waals surface area contributed by atoms with Crippen LogP contribution in [0.2, 0.25) is 0 Å². The van der Waals surface area contributed by atoms with Crippen LogP contribution in [0.4, 0.5) is 0 Å². The summed E-state index contributed by atoms with van der Waals surface area (Å²) >= 11 is 1.14. The van der Waals surface area contributed by atoms with Crippen molar-refractivity contribution in [3.05, 3.63) is 0 Å². The van der Waals surface area contributed by atoms with Gasteiger partial charge in [0.25, 0.3) is 0 Å². The number of carboxylic acid groups (broad SMARTS) is 2. The van der Waals surface area contributed by atoms with E-state index in [0.717, 1.165) is 11.8 Å². The Morgan fingerprint density at radius 1 is 1.40 bits per heavy atom. The van der Waals surface area contributed by atoms with Gasteiger partial charge in [-0.3, -0.25) is 9.59 Å². The van der Waals surface area contributed by atoms with Crippen LogP contribution < -0.4 is 5.32 Å². The van der Waals surface area contributed by atoms with Gasteiger partial charge < -0.3 is 15.5 Å². The van der Waals surface area contributed by atoms with Gasteiger partial charge in [0.2, 0.25) is 6.41 Å². The molecule has 7 heteroatoms. The number of carbonyl (C=O) groups excluding carboxylic acids is 1. The molecule has 0 saturated heterocycles. The molecule has 0 heterocycles. The number of hydrogen-bond donors (Lipinski definition) is 3. The fraction of sp³-hybridized carbons (Fsp3) is 0.625. The van der Waals surface area contributed by atoms with Crippen LogP contribution in [0, 0.1) is 0 Å². The molecular formula is C8H13NO5S. The van der Waals surface area contributed by atoms with Crippen molar-refractivity contribution < 1.29 is 24.6 Å². The van der Waals surface area contributed by atoms with E-state index in [-0.39, 0.29) is 6.42 Å². The average Bonchev–Trinajstić information content (AvgIpc) is 2.15. The number of carbonyl (C=O) groups is 3. The van der Waals surface area contributed by atoms with Crippen LogP contribution in [-0.4, -0.2) is 45.6 Å². The molecule has 15 heavy (non-hydrogen) atoms. The van der Waals surface area contributed by atoms with Crippen molar-refractivity contribution in [2.45, 2.75) is 24.6 Å². The Balaban J connectivity index is 3.85. The summed E-state index contributed by atoms with van der Waals surface area (Å²) in [6.07, 6.45) is 0.528. The lowest BCUT2D eigenvalue weighted by molar-refractivity contribution is -0.140. The van der Waals surface area contributed by atoms with Crippen LogP contribution in [0.15, 0.2) is 0 Å². The molecule has 0 aromatic rings. The number of nitrogens with one attached hydrogen (secondary N) is 1. The van der Waals surface area contributed by atoms with Crippen molar-refractivity contribution >= 4 is 30.1 Å². The first-order chi connectivity index (χ1) is 6.99. The second kappa shape index (κ2) is 7.10. The van der Waals surface area contributed by atoms with Crippen molar-refractivity contribution in [3.8, 4) is 0 Å². The molecule has 0 aliphatic carbocycles. The minimum Gasteiger partial charge on any atom is -0.480 e. The third-order valence-corrected chi connectivity index (χ3v) is 2.86. The largest absolute Gasteiger partial charge is 0.480 e. The van der Waals surface area contributed by atoms with Gasteiger partial charge in [-0.1, -0.05) is 0 Å². The Morgan fingerprint density at radius 3 is 2.40 bits per heavy atom. The highest BCUT2D eigenvalue weighted by atomic mass is 32.2. The van der Waals surface area contributed by atoms with Gasteiger partial charge in [-0.25, -0.2) is 4.79 Å². The molecule has 0 bridgehead atoms. The first-order valence-electron chi connectivity index (χ1n) is 4.26. The van der Waals surface area contributed by atoms with E-state index in [0.29, 0.717) is 12.2 Å². The van der Waals surface area contributed by atoms with Gasteiger partial charge in [-0.05, 0) is 19.1 Å². The third-order valence-electron chi connectivity index (χ3n) is 1.69. The third kappa shape index (κ3) is 5.95. The van der Waals surface area contributed by atoms with Crippen molar-refractivity contribution in [2.75, 3.05) is 5.75 Å². The van der Waals surface area contributed by atoms with Crippen LogP contribution in [0.25, 0.3) is 0 Å². The van der Waals surface area contributed by atoms with Gasteiger partial charge in [-0.15, -0.1) is 11.8 Å². The monoisotopic (exact) mass is 235 g/mol. The molecule has 86 valence electrons. The normalized spacial score (nSPS) is 13.9. The molecule has 0 rings (SSSR count). The van der Waals surface area contributed by atoms with Crippen LogP contribution in [0.3, 0.4) is 0 Å². The topological polar surface area (TPSA) is 104 Å². The second-order valence-electron chi connectivity index (χ2n) is 2.82. The van der Waals surface area contributed by atoms with Gasteiger partial charge in [0.05, 0.1) is 5.25 Å². The Kier molecular flexibility index (Phi) is 6.52. The van der Waals surface area contributed by atoms with E-state index in [1.54, 1.807) is 0 Å². The number of hydrogen-bond acceptors (Lipinski definition) is 4. The highest BCUT2D eigenvalue weighted by molar-refractivity contribution is 8.00. The molecule has 0 saturated carbocycles. The summed E-state index contributed by atoms with van der Waals surface area (Å²) in [6, 6.07) is -0.948. The fourth-order valence-corrected chi connectivity index (χ4v) is 1.66. The maximum atomic E-state index is 10.6. The molecule has 3 N–H and O–H groups in total. The van der Waals surface area contributed by atoms with Gasteiger partial charge in [0, 0.05) is 0 Å². The molecule has 0 spiro atoms. The molecule has 0 aliphatic heterocycles. The molecule has 0 fully saturated rings. The van der Waals surface area contributed by atoms with Gasteiger partial charge in [0.1, 0.15) is 6.04 Å². The molecule has 2 atom stereocenters. The Hall–Kier alpha value is -1.24. The quantitative estimate of drug-likeness (QED) is 0.502. The highest BCUT2D eigenvalue weighted by Gasteiger charge is 2.17. The van der Waals surface area contributed by atoms with E-state index in [9.17, 15) is 14.4 Å². The minimum atomic E-state index is -1.12. The summed E-state index contributed by atoms with van der Waals surface area (Å²) < 4.78 is 0. The first kappa shape index (κ1) is 13.8. The zero-order valence-electron chi connectivity index (χ0n) is 8.17. The lowest BCUT2D eigenvalue weighted by Gasteiger charge is -2.11. The number of amides is 1. The van der Waals surface area contributed by atoms with E-state index in [1.165, 1.54) is 6.92 Å². The van der Waals surface area contributed by atoms with Crippen molar-refractivity contribution in [2.24, 2.45) is 0 Å². The summed E-state index contributed by atoms with van der Waals surface area (Å²) in [5.74, 6) is -1.69. The predicted octanol–water partition coefficient (Wildman–Crippen LogP) is -0.218. The average molecular weight is 235 g/mol. The van der Waals surface area contributed by atoms with Crippen LogP contribution >= 0.6 is 11.8 Å². The fourth-order valence-electron chi connectivity index (χ4n) is 0.794. The predicted molar refractivity (Wildman–Crippen MR) is 54.8 cm³/mol. The molecule has 1 amide bonds. The number of thioether (sulfide) groups is 1. The van der Waals surface area contributed by atoms with E-state index in [4.69, 9.17) is 10.2 Å². The van der Waals surface area contributed by atoms with E-state index in [2.05, 4.69) is 5.32 Å². The zero-order chi connectivity index (χ0) is 11.8. The summed E-state index contributed by atoms with van der Waals surface area (Å²) in [5.41, 5.74) is 0. The SMILES string of the molecule is CC(SCCC(NC=O)C(=O)O)C(=O)O. The van der Waals surface area contributed by atoms with Gasteiger partial charge in [-0.2, -0.15) is 0 Å². The van der Waals surface area contributed by atoms with Gasteiger partial charge in [0.15, 0.2) is 0 Å². The number of rotatable bonds is 8. The molecule has 0 radical (unpaired) electrons. The molecule has 0 aliphatic rings. The molecule has 0 aromatic heterocycles. The summed E-state index contributed by atoms with van der Waals surface area (Å²) in [7, 11) is 0. The molecule has 2 unspecified atom stereocenters. The lowest BCUT2D eigenvalue weighted by Crippen LogP contribution is -2.36.